The van der Waals surface area contributed by atoms with Crippen LogP contribution in [0.25, 0.3) is 17.2 Å². The Labute approximate surface area is 123 Å². The highest BCUT2D eigenvalue weighted by Crippen LogP contribution is 2.43. The van der Waals surface area contributed by atoms with Crippen molar-refractivity contribution in [2.75, 3.05) is 12.4 Å². The third-order valence-corrected chi connectivity index (χ3v) is 2.96. The van der Waals surface area contributed by atoms with Crippen molar-refractivity contribution in [1.29, 1.82) is 0 Å². The maximum absolute atomic E-state index is 12.8. The first-order chi connectivity index (χ1) is 9.88. The lowest BCUT2D eigenvalue weighted by atomic mass is 10.0. The molecule has 7 heteroatoms. The van der Waals surface area contributed by atoms with E-state index in [1.807, 2.05) is 0 Å². The number of hydrogen-bond donors (Lipinski definition) is 2. The average molecular weight is 318 g/mol. The van der Waals surface area contributed by atoms with Crippen molar-refractivity contribution in [3.05, 3.63) is 41.1 Å². The predicted molar refractivity (Wildman–Crippen MR) is 75.2 cm³/mol. The molecule has 2 N–H and O–H groups in total. The van der Waals surface area contributed by atoms with Crippen LogP contribution in [0, 0.1) is 0 Å². The fraction of sp³-hybridized carbons (Fsp3) is 0.143. The van der Waals surface area contributed by atoms with Gasteiger partial charge in [0.05, 0.1) is 11.1 Å². The molecule has 1 heterocycles. The molecular weight excluding hydrogens is 307 g/mol. The van der Waals surface area contributed by atoms with Crippen molar-refractivity contribution >= 4 is 23.6 Å². The van der Waals surface area contributed by atoms with E-state index in [9.17, 15) is 18.3 Å². The Bertz CT molecular complexity index is 677. The van der Waals surface area contributed by atoms with Crippen molar-refractivity contribution < 1.29 is 22.7 Å². The Morgan fingerprint density at radius 3 is 2.62 bits per heavy atom. The standard InChI is InChI=1S/C14H11ClF3NO2/c1-19-13-11(12(20)10(21-13)5-6-15)8-3-2-4-9(7-8)14(16,17)18/h2-7,19-20H,1H3. The maximum atomic E-state index is 12.8. The summed E-state index contributed by atoms with van der Waals surface area (Å²) in [6.07, 6.45) is -3.16. The van der Waals surface area contributed by atoms with Crippen molar-refractivity contribution in [3.63, 3.8) is 0 Å². The largest absolute Gasteiger partial charge is 0.504 e. The van der Waals surface area contributed by atoms with Gasteiger partial charge in [0, 0.05) is 12.6 Å². The van der Waals surface area contributed by atoms with Crippen LogP contribution in [-0.4, -0.2) is 12.2 Å². The van der Waals surface area contributed by atoms with E-state index in [1.165, 1.54) is 25.3 Å². The molecule has 0 unspecified atom stereocenters. The Balaban J connectivity index is 2.61. The normalized spacial score (nSPS) is 12.0. The van der Waals surface area contributed by atoms with E-state index in [-0.39, 0.29) is 28.5 Å². The second kappa shape index (κ2) is 5.73. The van der Waals surface area contributed by atoms with Gasteiger partial charge in [-0.2, -0.15) is 13.2 Å². The van der Waals surface area contributed by atoms with Crippen molar-refractivity contribution in [2.45, 2.75) is 6.18 Å². The van der Waals surface area contributed by atoms with Gasteiger partial charge < -0.3 is 14.8 Å². The summed E-state index contributed by atoms with van der Waals surface area (Å²) in [6, 6.07) is 4.62. The third-order valence-electron chi connectivity index (χ3n) is 2.83. The van der Waals surface area contributed by atoms with Gasteiger partial charge in [-0.3, -0.25) is 0 Å². The number of anilines is 1. The molecule has 0 atom stereocenters. The number of halogens is 4. The zero-order chi connectivity index (χ0) is 15.6. The molecule has 0 aliphatic rings. The van der Waals surface area contributed by atoms with Gasteiger partial charge in [0.2, 0.25) is 5.88 Å². The van der Waals surface area contributed by atoms with E-state index in [2.05, 4.69) is 5.32 Å². The molecule has 0 saturated heterocycles. The molecule has 2 aromatic rings. The van der Waals surface area contributed by atoms with Crippen molar-refractivity contribution in [2.24, 2.45) is 0 Å². The zero-order valence-electron chi connectivity index (χ0n) is 10.8. The lowest BCUT2D eigenvalue weighted by molar-refractivity contribution is -0.137. The van der Waals surface area contributed by atoms with E-state index in [4.69, 9.17) is 16.0 Å². The summed E-state index contributed by atoms with van der Waals surface area (Å²) in [7, 11) is 1.53. The molecule has 0 bridgehead atoms. The number of rotatable bonds is 3. The predicted octanol–water partition coefficient (Wildman–Crippen LogP) is 4.92. The molecule has 3 nitrogen and oxygen atoms in total. The van der Waals surface area contributed by atoms with E-state index in [1.54, 1.807) is 0 Å². The zero-order valence-corrected chi connectivity index (χ0v) is 11.6. The Morgan fingerprint density at radius 2 is 2.05 bits per heavy atom. The summed E-state index contributed by atoms with van der Waals surface area (Å²) in [5.74, 6) is -0.0751. The topological polar surface area (TPSA) is 45.4 Å². The number of hydrogen-bond acceptors (Lipinski definition) is 3. The summed E-state index contributed by atoms with van der Waals surface area (Å²) in [6.45, 7) is 0. The van der Waals surface area contributed by atoms with Crippen LogP contribution in [0.3, 0.4) is 0 Å². The minimum absolute atomic E-state index is 0.0572. The molecule has 0 amide bonds. The number of furan rings is 1. The Morgan fingerprint density at radius 1 is 1.33 bits per heavy atom. The van der Waals surface area contributed by atoms with E-state index >= 15 is 0 Å². The smallest absolute Gasteiger partial charge is 0.416 e. The fourth-order valence-corrected chi connectivity index (χ4v) is 2.02. The van der Waals surface area contributed by atoms with Gasteiger partial charge in [-0.25, -0.2) is 0 Å². The lowest BCUT2D eigenvalue weighted by Crippen LogP contribution is -2.04. The highest BCUT2D eigenvalue weighted by molar-refractivity contribution is 6.27. The van der Waals surface area contributed by atoms with E-state index in [0.29, 0.717) is 0 Å². The molecule has 0 saturated carbocycles. The van der Waals surface area contributed by atoms with Gasteiger partial charge in [-0.1, -0.05) is 23.7 Å². The van der Waals surface area contributed by atoms with Crippen molar-refractivity contribution in [1.82, 2.24) is 0 Å². The number of nitrogens with one attached hydrogen (secondary N) is 1. The van der Waals surface area contributed by atoms with Crippen LogP contribution in [-0.2, 0) is 6.18 Å². The second-order valence-electron chi connectivity index (χ2n) is 4.14. The van der Waals surface area contributed by atoms with Crippen LogP contribution in [0.4, 0.5) is 19.1 Å². The average Bonchev–Trinajstić information content (AvgIpc) is 2.75. The van der Waals surface area contributed by atoms with Crippen LogP contribution >= 0.6 is 11.6 Å². The summed E-state index contributed by atoms with van der Waals surface area (Å²) < 4.78 is 43.6. The third kappa shape index (κ3) is 3.00. The fourth-order valence-electron chi connectivity index (χ4n) is 1.91. The number of alkyl halides is 3. The molecular formula is C14H11ClF3NO2. The second-order valence-corrected chi connectivity index (χ2v) is 4.39. The monoisotopic (exact) mass is 317 g/mol. The van der Waals surface area contributed by atoms with Crippen LogP contribution < -0.4 is 5.32 Å². The van der Waals surface area contributed by atoms with Crippen LogP contribution in [0.1, 0.15) is 11.3 Å². The summed E-state index contributed by atoms with van der Waals surface area (Å²) in [5.41, 5.74) is 0.656. The molecule has 0 aliphatic heterocycles. The Hall–Kier alpha value is -2.08. The van der Waals surface area contributed by atoms with Crippen LogP contribution in [0.15, 0.2) is 34.2 Å². The first kappa shape index (κ1) is 15.3. The molecule has 0 spiro atoms. The highest BCUT2D eigenvalue weighted by atomic mass is 35.5. The van der Waals surface area contributed by atoms with E-state index in [0.717, 1.165) is 17.7 Å². The van der Waals surface area contributed by atoms with Gasteiger partial charge in [0.15, 0.2) is 11.5 Å². The highest BCUT2D eigenvalue weighted by Gasteiger charge is 2.31. The molecule has 1 aromatic carbocycles. The minimum atomic E-state index is -4.46. The number of aromatic hydroxyl groups is 1. The number of benzene rings is 1. The summed E-state index contributed by atoms with van der Waals surface area (Å²) in [4.78, 5) is 0. The molecule has 21 heavy (non-hydrogen) atoms. The molecule has 0 aliphatic carbocycles. The summed E-state index contributed by atoms with van der Waals surface area (Å²) in [5, 5.41) is 12.8. The van der Waals surface area contributed by atoms with Gasteiger partial charge in [-0.15, -0.1) is 0 Å². The quantitative estimate of drug-likeness (QED) is 0.844. The molecule has 112 valence electrons. The lowest BCUT2D eigenvalue weighted by Gasteiger charge is -2.09. The first-order valence-corrected chi connectivity index (χ1v) is 6.30. The van der Waals surface area contributed by atoms with E-state index < -0.39 is 11.7 Å². The molecule has 0 fully saturated rings. The minimum Gasteiger partial charge on any atom is -0.504 e. The molecule has 0 radical (unpaired) electrons. The van der Waals surface area contributed by atoms with Gasteiger partial charge in [-0.05, 0) is 23.8 Å². The molecule has 1 aromatic heterocycles. The Kier molecular flexibility index (Phi) is 4.18. The van der Waals surface area contributed by atoms with Crippen LogP contribution in [0.2, 0.25) is 0 Å². The van der Waals surface area contributed by atoms with Gasteiger partial charge >= 0.3 is 6.18 Å². The summed E-state index contributed by atoms with van der Waals surface area (Å²) >= 11 is 5.42. The van der Waals surface area contributed by atoms with Gasteiger partial charge in [0.1, 0.15) is 0 Å². The first-order valence-electron chi connectivity index (χ1n) is 5.86. The van der Waals surface area contributed by atoms with Crippen LogP contribution in [0.5, 0.6) is 5.75 Å². The van der Waals surface area contributed by atoms with Crippen molar-refractivity contribution in [3.8, 4) is 16.9 Å². The SMILES string of the molecule is CNc1oc(C=CCl)c(O)c1-c1cccc(C(F)(F)F)c1. The maximum Gasteiger partial charge on any atom is 0.416 e. The molecule has 2 rings (SSSR count). The van der Waals surface area contributed by atoms with Gasteiger partial charge in [0.25, 0.3) is 0 Å².